The van der Waals surface area contributed by atoms with Gasteiger partial charge in [0.15, 0.2) is 0 Å². The molecule has 78 valence electrons. The van der Waals surface area contributed by atoms with Crippen LogP contribution in [0.15, 0.2) is 0 Å². The lowest BCUT2D eigenvalue weighted by Gasteiger charge is -2.19. The van der Waals surface area contributed by atoms with Crippen molar-refractivity contribution in [2.75, 3.05) is 19.6 Å². The Balaban J connectivity index is 3.41. The Hall–Kier alpha value is -0.770. The van der Waals surface area contributed by atoms with Crippen molar-refractivity contribution in [2.45, 2.75) is 33.3 Å². The van der Waals surface area contributed by atoms with E-state index in [1.54, 1.807) is 0 Å². The Morgan fingerprint density at radius 1 is 1.46 bits per heavy atom. The van der Waals surface area contributed by atoms with E-state index >= 15 is 0 Å². The van der Waals surface area contributed by atoms with Crippen LogP contribution in [-0.4, -0.2) is 31.3 Å². The molecule has 0 saturated carbocycles. The summed E-state index contributed by atoms with van der Waals surface area (Å²) in [5, 5.41) is 4.80. The summed E-state index contributed by atoms with van der Waals surface area (Å²) in [6.45, 7) is 10.2. The quantitative estimate of drug-likeness (QED) is 0.616. The largest absolute Gasteiger partial charge is 0.444 e. The fraction of sp³-hybridized carbons (Fsp3) is 0.889. The van der Waals surface area contributed by atoms with Crippen molar-refractivity contribution in [1.82, 2.24) is 5.32 Å². The molecule has 0 aromatic heterocycles. The molecule has 0 bridgehead atoms. The number of carbonyl (C=O) groups is 1. The Morgan fingerprint density at radius 3 is 2.54 bits per heavy atom. The lowest BCUT2D eigenvalue weighted by molar-refractivity contribution is -0.649. The minimum Gasteiger partial charge on any atom is -0.444 e. The van der Waals surface area contributed by atoms with E-state index < -0.39 is 5.60 Å². The van der Waals surface area contributed by atoms with Crippen LogP contribution in [0, 0.1) is 0 Å². The van der Waals surface area contributed by atoms with E-state index in [1.807, 2.05) is 20.8 Å². The van der Waals surface area contributed by atoms with Crippen LogP contribution in [0.1, 0.15) is 27.7 Å². The van der Waals surface area contributed by atoms with Gasteiger partial charge in [0.05, 0.1) is 19.6 Å². The van der Waals surface area contributed by atoms with Crippen LogP contribution >= 0.6 is 0 Å². The summed E-state index contributed by atoms with van der Waals surface area (Å²) in [5.74, 6) is 0. The number of ether oxygens (including phenoxy) is 1. The van der Waals surface area contributed by atoms with E-state index in [0.29, 0.717) is 6.54 Å². The molecule has 4 nitrogen and oxygen atoms in total. The van der Waals surface area contributed by atoms with Gasteiger partial charge in [0.25, 0.3) is 0 Å². The van der Waals surface area contributed by atoms with Gasteiger partial charge in [-0.05, 0) is 27.7 Å². The van der Waals surface area contributed by atoms with Crippen molar-refractivity contribution in [3.8, 4) is 0 Å². The topological polar surface area (TPSA) is 54.9 Å². The minimum absolute atomic E-state index is 0.336. The maximum atomic E-state index is 11.1. The smallest absolute Gasteiger partial charge is 0.407 e. The van der Waals surface area contributed by atoms with Crippen molar-refractivity contribution in [1.29, 1.82) is 0 Å². The van der Waals surface area contributed by atoms with Gasteiger partial charge in [-0.2, -0.15) is 0 Å². The summed E-state index contributed by atoms with van der Waals surface area (Å²) >= 11 is 0. The number of hydrogen-bond acceptors (Lipinski definition) is 2. The molecule has 1 amide bonds. The number of hydrogen-bond donors (Lipinski definition) is 2. The number of nitrogens with one attached hydrogen (secondary N) is 1. The van der Waals surface area contributed by atoms with Gasteiger partial charge in [0.1, 0.15) is 5.60 Å². The predicted octanol–water partition coefficient (Wildman–Crippen LogP) is 0.0944. The van der Waals surface area contributed by atoms with Crippen molar-refractivity contribution in [3.63, 3.8) is 0 Å². The number of alkyl carbamates (subject to hydrolysis) is 1. The molecule has 4 heteroatoms. The molecule has 0 saturated heterocycles. The normalized spacial score (nSPS) is 11.1. The number of likely N-dealkylation sites (N-methyl/N-ethyl adjacent to an activating group) is 1. The first-order valence-corrected chi connectivity index (χ1v) is 4.74. The Morgan fingerprint density at radius 2 is 2.08 bits per heavy atom. The molecule has 0 atom stereocenters. The summed E-state index contributed by atoms with van der Waals surface area (Å²) in [6, 6.07) is 0. The van der Waals surface area contributed by atoms with Crippen LogP contribution in [0.4, 0.5) is 4.79 Å². The molecule has 0 aliphatic rings. The first-order chi connectivity index (χ1) is 5.95. The molecule has 0 radical (unpaired) electrons. The van der Waals surface area contributed by atoms with Gasteiger partial charge in [-0.25, -0.2) is 4.79 Å². The monoisotopic (exact) mass is 189 g/mol. The van der Waals surface area contributed by atoms with Gasteiger partial charge in [0.2, 0.25) is 0 Å². The average Bonchev–Trinajstić information content (AvgIpc) is 1.94. The van der Waals surface area contributed by atoms with Gasteiger partial charge in [-0.1, -0.05) is 0 Å². The SMILES string of the molecule is CC[NH2+]CCNC(=O)OC(C)(C)C. The second kappa shape index (κ2) is 5.80. The summed E-state index contributed by atoms with van der Waals surface area (Å²) in [4.78, 5) is 11.1. The number of quaternary nitrogens is 1. The van der Waals surface area contributed by atoms with Gasteiger partial charge < -0.3 is 15.4 Å². The first kappa shape index (κ1) is 12.2. The molecule has 0 aliphatic carbocycles. The van der Waals surface area contributed by atoms with Crippen LogP contribution in [0.5, 0.6) is 0 Å². The Kier molecular flexibility index (Phi) is 5.46. The molecule has 0 heterocycles. The van der Waals surface area contributed by atoms with E-state index in [9.17, 15) is 4.79 Å². The third kappa shape index (κ3) is 9.14. The van der Waals surface area contributed by atoms with Crippen molar-refractivity contribution in [3.05, 3.63) is 0 Å². The van der Waals surface area contributed by atoms with E-state index in [2.05, 4.69) is 17.6 Å². The standard InChI is InChI=1S/C9H20N2O2/c1-5-10-6-7-11-8(12)13-9(2,3)4/h10H,5-7H2,1-4H3,(H,11,12)/p+1. The van der Waals surface area contributed by atoms with Crippen molar-refractivity contribution < 1.29 is 14.8 Å². The third-order valence-corrected chi connectivity index (χ3v) is 1.31. The van der Waals surface area contributed by atoms with Crippen LogP contribution in [0.3, 0.4) is 0 Å². The van der Waals surface area contributed by atoms with Gasteiger partial charge >= 0.3 is 6.09 Å². The highest BCUT2D eigenvalue weighted by atomic mass is 16.6. The van der Waals surface area contributed by atoms with E-state index in [0.717, 1.165) is 13.1 Å². The van der Waals surface area contributed by atoms with Gasteiger partial charge in [-0.15, -0.1) is 0 Å². The van der Waals surface area contributed by atoms with E-state index in [1.165, 1.54) is 0 Å². The molecule has 0 spiro atoms. The molecular weight excluding hydrogens is 168 g/mol. The summed E-state index contributed by atoms with van der Waals surface area (Å²) in [6.07, 6.45) is -0.336. The Labute approximate surface area is 80.0 Å². The predicted molar refractivity (Wildman–Crippen MR) is 51.6 cm³/mol. The second-order valence-electron chi connectivity index (χ2n) is 3.91. The van der Waals surface area contributed by atoms with Crippen molar-refractivity contribution >= 4 is 6.09 Å². The lowest BCUT2D eigenvalue weighted by atomic mass is 10.2. The fourth-order valence-electron chi connectivity index (χ4n) is 0.795. The highest BCUT2D eigenvalue weighted by molar-refractivity contribution is 5.67. The van der Waals surface area contributed by atoms with Gasteiger partial charge in [-0.3, -0.25) is 0 Å². The zero-order valence-corrected chi connectivity index (χ0v) is 9.02. The van der Waals surface area contributed by atoms with Crippen LogP contribution in [0.2, 0.25) is 0 Å². The number of nitrogens with two attached hydrogens (primary N) is 1. The fourth-order valence-corrected chi connectivity index (χ4v) is 0.795. The van der Waals surface area contributed by atoms with Crippen LogP contribution in [-0.2, 0) is 4.74 Å². The first-order valence-electron chi connectivity index (χ1n) is 4.74. The molecule has 0 aromatic carbocycles. The number of amides is 1. The summed E-state index contributed by atoms with van der Waals surface area (Å²) < 4.78 is 5.05. The molecule has 0 aliphatic heterocycles. The molecule has 3 N–H and O–H groups in total. The molecular formula is C9H21N2O2+. The highest BCUT2D eigenvalue weighted by Gasteiger charge is 2.15. The van der Waals surface area contributed by atoms with Gasteiger partial charge in [0, 0.05) is 0 Å². The second-order valence-corrected chi connectivity index (χ2v) is 3.91. The van der Waals surface area contributed by atoms with Crippen molar-refractivity contribution in [2.24, 2.45) is 0 Å². The molecule has 0 fully saturated rings. The average molecular weight is 189 g/mol. The van der Waals surface area contributed by atoms with E-state index in [4.69, 9.17) is 4.74 Å². The molecule has 0 rings (SSSR count). The lowest BCUT2D eigenvalue weighted by Crippen LogP contribution is -2.85. The van der Waals surface area contributed by atoms with Crippen LogP contribution in [0.25, 0.3) is 0 Å². The maximum Gasteiger partial charge on any atom is 0.407 e. The summed E-state index contributed by atoms with van der Waals surface area (Å²) in [5.41, 5.74) is -0.404. The zero-order chi connectivity index (χ0) is 10.3. The Bertz CT molecular complexity index is 152. The molecule has 0 aromatic rings. The van der Waals surface area contributed by atoms with E-state index in [-0.39, 0.29) is 6.09 Å². The minimum atomic E-state index is -0.404. The maximum absolute atomic E-state index is 11.1. The highest BCUT2D eigenvalue weighted by Crippen LogP contribution is 2.05. The molecule has 0 unspecified atom stereocenters. The molecule has 13 heavy (non-hydrogen) atoms. The van der Waals surface area contributed by atoms with Crippen LogP contribution < -0.4 is 10.6 Å². The number of carbonyl (C=O) groups excluding carboxylic acids is 1. The summed E-state index contributed by atoms with van der Waals surface area (Å²) in [7, 11) is 0. The number of rotatable bonds is 4. The zero-order valence-electron chi connectivity index (χ0n) is 9.02. The third-order valence-electron chi connectivity index (χ3n) is 1.31.